The van der Waals surface area contributed by atoms with Crippen LogP contribution in [0.5, 0.6) is 0 Å². The number of hydrogen-bond donors (Lipinski definition) is 1. The van der Waals surface area contributed by atoms with Crippen LogP contribution in [0.25, 0.3) is 0 Å². The van der Waals surface area contributed by atoms with Crippen LogP contribution in [-0.4, -0.2) is 29.1 Å². The molecule has 1 unspecified atom stereocenters. The summed E-state index contributed by atoms with van der Waals surface area (Å²) in [5.74, 6) is -0.249. The highest BCUT2D eigenvalue weighted by Gasteiger charge is 2.18. The molecule has 1 amide bonds. The molecule has 0 saturated carbocycles. The fraction of sp³-hybridized carbons (Fsp3) is 0.562. The Balaban J connectivity index is 2.98. The molecule has 3 heteroatoms. The van der Waals surface area contributed by atoms with Crippen molar-refractivity contribution in [2.75, 3.05) is 7.05 Å². The number of nitrogens with zero attached hydrogens (tertiary/aromatic N) is 1. The van der Waals surface area contributed by atoms with E-state index in [1.807, 2.05) is 6.92 Å². The van der Waals surface area contributed by atoms with Gasteiger partial charge in [-0.05, 0) is 36.0 Å². The number of aliphatic hydroxyl groups is 1. The molecular weight excluding hydrogens is 238 g/mol. The zero-order valence-electron chi connectivity index (χ0n) is 12.8. The van der Waals surface area contributed by atoms with Gasteiger partial charge in [-0.3, -0.25) is 4.79 Å². The highest BCUT2D eigenvalue weighted by molar-refractivity contribution is 5.79. The maximum Gasteiger partial charge on any atom is 0.251 e. The zero-order chi connectivity index (χ0) is 14.8. The summed E-state index contributed by atoms with van der Waals surface area (Å²) >= 11 is 0. The van der Waals surface area contributed by atoms with E-state index >= 15 is 0 Å². The van der Waals surface area contributed by atoms with Crippen molar-refractivity contribution < 1.29 is 9.90 Å². The van der Waals surface area contributed by atoms with E-state index in [1.54, 1.807) is 11.9 Å². The van der Waals surface area contributed by atoms with E-state index in [9.17, 15) is 9.90 Å². The monoisotopic (exact) mass is 263 g/mol. The van der Waals surface area contributed by atoms with Gasteiger partial charge in [0.05, 0.1) is 0 Å². The second-order valence-electron chi connectivity index (χ2n) is 6.26. The highest BCUT2D eigenvalue weighted by atomic mass is 16.3. The van der Waals surface area contributed by atoms with Crippen molar-refractivity contribution in [1.82, 2.24) is 4.90 Å². The Bertz CT molecular complexity index is 458. The summed E-state index contributed by atoms with van der Waals surface area (Å²) in [6.07, 6.45) is -0.948. The lowest BCUT2D eigenvalue weighted by molar-refractivity contribution is -0.138. The number of aliphatic hydroxyl groups excluding tert-OH is 1. The van der Waals surface area contributed by atoms with Gasteiger partial charge in [0.2, 0.25) is 0 Å². The van der Waals surface area contributed by atoms with Crippen LogP contribution >= 0.6 is 0 Å². The first-order chi connectivity index (χ1) is 8.62. The van der Waals surface area contributed by atoms with Crippen LogP contribution in [0.15, 0.2) is 18.2 Å². The van der Waals surface area contributed by atoms with Crippen LogP contribution in [0.3, 0.4) is 0 Å². The number of carbonyl (C=O) groups excluding carboxylic acids is 1. The lowest BCUT2D eigenvalue weighted by Crippen LogP contribution is -2.34. The van der Waals surface area contributed by atoms with Crippen molar-refractivity contribution in [2.45, 2.75) is 52.7 Å². The van der Waals surface area contributed by atoms with Crippen molar-refractivity contribution >= 4 is 5.91 Å². The van der Waals surface area contributed by atoms with Gasteiger partial charge in [0.1, 0.15) is 6.10 Å². The van der Waals surface area contributed by atoms with Crippen molar-refractivity contribution in [3.63, 3.8) is 0 Å². The van der Waals surface area contributed by atoms with Gasteiger partial charge in [-0.2, -0.15) is 0 Å². The molecule has 1 aromatic carbocycles. The standard InChI is InChI=1S/C16H25NO2/c1-11-7-8-14(16(3,4)5)9-13(11)10-17(6)15(19)12(2)18/h7-9,12,18H,10H2,1-6H3. The van der Waals surface area contributed by atoms with Crippen LogP contribution < -0.4 is 0 Å². The Morgan fingerprint density at radius 1 is 1.37 bits per heavy atom. The summed E-state index contributed by atoms with van der Waals surface area (Å²) in [4.78, 5) is 13.3. The van der Waals surface area contributed by atoms with E-state index < -0.39 is 6.10 Å². The molecule has 0 radical (unpaired) electrons. The lowest BCUT2D eigenvalue weighted by atomic mass is 9.85. The highest BCUT2D eigenvalue weighted by Crippen LogP contribution is 2.25. The minimum absolute atomic E-state index is 0.0926. The smallest absolute Gasteiger partial charge is 0.251 e. The second-order valence-corrected chi connectivity index (χ2v) is 6.26. The summed E-state index contributed by atoms with van der Waals surface area (Å²) in [5.41, 5.74) is 3.64. The third-order valence-electron chi connectivity index (χ3n) is 3.36. The van der Waals surface area contributed by atoms with E-state index in [-0.39, 0.29) is 11.3 Å². The van der Waals surface area contributed by atoms with E-state index in [0.29, 0.717) is 6.54 Å². The number of rotatable bonds is 3. The first-order valence-electron chi connectivity index (χ1n) is 6.66. The Labute approximate surface area is 116 Å². The van der Waals surface area contributed by atoms with Gasteiger partial charge in [0.15, 0.2) is 0 Å². The minimum atomic E-state index is -0.948. The third-order valence-corrected chi connectivity index (χ3v) is 3.36. The van der Waals surface area contributed by atoms with E-state index in [2.05, 4.69) is 39.0 Å². The van der Waals surface area contributed by atoms with Crippen molar-refractivity contribution in [1.29, 1.82) is 0 Å². The van der Waals surface area contributed by atoms with Gasteiger partial charge in [0.25, 0.3) is 5.91 Å². The molecule has 0 aliphatic carbocycles. The van der Waals surface area contributed by atoms with Crippen LogP contribution in [0.2, 0.25) is 0 Å². The fourth-order valence-corrected chi connectivity index (χ4v) is 1.96. The maximum atomic E-state index is 11.7. The number of likely N-dealkylation sites (N-methyl/N-ethyl adjacent to an activating group) is 1. The van der Waals surface area contributed by atoms with Gasteiger partial charge in [-0.25, -0.2) is 0 Å². The Kier molecular flexibility index (Phi) is 4.75. The quantitative estimate of drug-likeness (QED) is 0.910. The van der Waals surface area contributed by atoms with Gasteiger partial charge in [0, 0.05) is 13.6 Å². The number of benzene rings is 1. The molecule has 3 nitrogen and oxygen atoms in total. The maximum absolute atomic E-state index is 11.7. The molecule has 0 aliphatic heterocycles. The molecule has 0 fully saturated rings. The molecule has 1 atom stereocenters. The second kappa shape index (κ2) is 5.74. The summed E-state index contributed by atoms with van der Waals surface area (Å²) in [6, 6.07) is 6.38. The van der Waals surface area contributed by atoms with Crippen molar-refractivity contribution in [3.8, 4) is 0 Å². The molecule has 0 bridgehead atoms. The van der Waals surface area contributed by atoms with Crippen LogP contribution in [0.4, 0.5) is 0 Å². The topological polar surface area (TPSA) is 40.5 Å². The van der Waals surface area contributed by atoms with E-state index in [0.717, 1.165) is 5.56 Å². The van der Waals surface area contributed by atoms with E-state index in [1.165, 1.54) is 18.1 Å². The molecule has 0 aliphatic rings. The molecule has 1 rings (SSSR count). The SMILES string of the molecule is Cc1ccc(C(C)(C)C)cc1CN(C)C(=O)C(C)O. The molecule has 0 heterocycles. The minimum Gasteiger partial charge on any atom is -0.384 e. The zero-order valence-corrected chi connectivity index (χ0v) is 12.8. The fourth-order valence-electron chi connectivity index (χ4n) is 1.96. The summed E-state index contributed by atoms with van der Waals surface area (Å²) in [7, 11) is 1.72. The number of amides is 1. The van der Waals surface area contributed by atoms with Gasteiger partial charge in [-0.15, -0.1) is 0 Å². The van der Waals surface area contributed by atoms with Gasteiger partial charge >= 0.3 is 0 Å². The van der Waals surface area contributed by atoms with Crippen LogP contribution in [0, 0.1) is 6.92 Å². The Hall–Kier alpha value is -1.35. The first-order valence-corrected chi connectivity index (χ1v) is 6.66. The van der Waals surface area contributed by atoms with E-state index in [4.69, 9.17) is 0 Å². The van der Waals surface area contributed by atoms with Gasteiger partial charge in [-0.1, -0.05) is 39.0 Å². The number of hydrogen-bond acceptors (Lipinski definition) is 2. The van der Waals surface area contributed by atoms with Crippen molar-refractivity contribution in [3.05, 3.63) is 34.9 Å². The number of aryl methyl sites for hydroxylation is 1. The Morgan fingerprint density at radius 2 is 1.95 bits per heavy atom. The third kappa shape index (κ3) is 4.06. The lowest BCUT2D eigenvalue weighted by Gasteiger charge is -2.24. The summed E-state index contributed by atoms with van der Waals surface area (Å²) < 4.78 is 0. The predicted octanol–water partition coefficient (Wildman–Crippen LogP) is 2.63. The average molecular weight is 263 g/mol. The molecule has 1 N–H and O–H groups in total. The van der Waals surface area contributed by atoms with Crippen LogP contribution in [-0.2, 0) is 16.8 Å². The van der Waals surface area contributed by atoms with Crippen molar-refractivity contribution in [2.24, 2.45) is 0 Å². The molecule has 0 spiro atoms. The average Bonchev–Trinajstić information content (AvgIpc) is 2.29. The normalized spacial score (nSPS) is 13.2. The summed E-state index contributed by atoms with van der Waals surface area (Å²) in [5, 5.41) is 9.33. The first kappa shape index (κ1) is 15.7. The Morgan fingerprint density at radius 3 is 2.42 bits per heavy atom. The molecule has 1 aromatic rings. The van der Waals surface area contributed by atoms with Gasteiger partial charge < -0.3 is 10.0 Å². The largest absolute Gasteiger partial charge is 0.384 e. The molecular formula is C16H25NO2. The predicted molar refractivity (Wildman–Crippen MR) is 78.0 cm³/mol. The molecule has 0 saturated heterocycles. The van der Waals surface area contributed by atoms with Crippen LogP contribution in [0.1, 0.15) is 44.4 Å². The number of carbonyl (C=O) groups is 1. The molecule has 106 valence electrons. The molecule has 0 aromatic heterocycles. The molecule has 19 heavy (non-hydrogen) atoms. The summed E-state index contributed by atoms with van der Waals surface area (Å²) in [6.45, 7) is 10.6.